The van der Waals surface area contributed by atoms with Crippen molar-refractivity contribution in [3.63, 3.8) is 0 Å². The van der Waals surface area contributed by atoms with E-state index in [2.05, 4.69) is 10.6 Å². The maximum absolute atomic E-state index is 13.3. The highest BCUT2D eigenvalue weighted by molar-refractivity contribution is 5.93. The van der Waals surface area contributed by atoms with Crippen LogP contribution >= 0.6 is 0 Å². The van der Waals surface area contributed by atoms with Crippen molar-refractivity contribution in [3.8, 4) is 0 Å². The van der Waals surface area contributed by atoms with E-state index in [9.17, 15) is 14.0 Å². The minimum Gasteiger partial charge on any atom is -0.478 e. The second-order valence-corrected chi connectivity index (χ2v) is 3.72. The molecule has 0 bridgehead atoms. The van der Waals surface area contributed by atoms with Crippen LogP contribution in [0.15, 0.2) is 18.2 Å². The summed E-state index contributed by atoms with van der Waals surface area (Å²) in [5, 5.41) is 14.0. The van der Waals surface area contributed by atoms with E-state index in [1.165, 1.54) is 6.07 Å². The molecule has 3 N–H and O–H groups in total. The maximum atomic E-state index is 13.3. The third-order valence-corrected chi connectivity index (χ3v) is 2.20. The van der Waals surface area contributed by atoms with E-state index >= 15 is 0 Å². The Morgan fingerprint density at radius 1 is 1.39 bits per heavy atom. The molecule has 6 heteroatoms. The fourth-order valence-electron chi connectivity index (χ4n) is 1.35. The topological polar surface area (TPSA) is 78.4 Å². The van der Waals surface area contributed by atoms with E-state index in [1.807, 2.05) is 6.92 Å². The molecular formula is C12H15FN2O3. The smallest absolute Gasteiger partial charge is 0.338 e. The van der Waals surface area contributed by atoms with Crippen LogP contribution < -0.4 is 10.6 Å². The monoisotopic (exact) mass is 254 g/mol. The van der Waals surface area contributed by atoms with Crippen molar-refractivity contribution in [3.05, 3.63) is 29.6 Å². The largest absolute Gasteiger partial charge is 0.478 e. The average Bonchev–Trinajstić information content (AvgIpc) is 2.28. The number of anilines is 1. The first-order valence-electron chi connectivity index (χ1n) is 5.58. The first kappa shape index (κ1) is 14.1. The lowest BCUT2D eigenvalue weighted by Gasteiger charge is -2.07. The van der Waals surface area contributed by atoms with E-state index in [-0.39, 0.29) is 18.1 Å². The Kier molecular flexibility index (Phi) is 5.26. The molecule has 0 saturated carbocycles. The van der Waals surface area contributed by atoms with Crippen LogP contribution in [0.1, 0.15) is 23.7 Å². The van der Waals surface area contributed by atoms with Crippen LogP contribution in [-0.2, 0) is 4.79 Å². The van der Waals surface area contributed by atoms with Crippen molar-refractivity contribution >= 4 is 17.6 Å². The molecule has 0 spiro atoms. The molecule has 18 heavy (non-hydrogen) atoms. The molecule has 1 amide bonds. The molecule has 0 heterocycles. The molecule has 1 aromatic rings. The molecule has 0 aliphatic carbocycles. The minimum absolute atomic E-state index is 0.135. The lowest BCUT2D eigenvalue weighted by atomic mass is 10.2. The van der Waals surface area contributed by atoms with E-state index in [4.69, 9.17) is 5.11 Å². The van der Waals surface area contributed by atoms with Crippen molar-refractivity contribution in [1.82, 2.24) is 5.32 Å². The summed E-state index contributed by atoms with van der Waals surface area (Å²) < 4.78 is 13.3. The van der Waals surface area contributed by atoms with Gasteiger partial charge in [0.05, 0.1) is 12.1 Å². The highest BCUT2D eigenvalue weighted by Gasteiger charge is 2.11. The molecule has 0 aromatic heterocycles. The van der Waals surface area contributed by atoms with Crippen LogP contribution in [0.3, 0.4) is 0 Å². The number of benzene rings is 1. The van der Waals surface area contributed by atoms with Crippen molar-refractivity contribution in [2.45, 2.75) is 13.3 Å². The van der Waals surface area contributed by atoms with Gasteiger partial charge in [-0.15, -0.1) is 0 Å². The second-order valence-electron chi connectivity index (χ2n) is 3.72. The summed E-state index contributed by atoms with van der Waals surface area (Å²) in [6.07, 6.45) is 0.912. The molecule has 5 nitrogen and oxygen atoms in total. The maximum Gasteiger partial charge on any atom is 0.338 e. The van der Waals surface area contributed by atoms with Crippen molar-refractivity contribution in [2.24, 2.45) is 0 Å². The number of carboxylic acids is 1. The van der Waals surface area contributed by atoms with Gasteiger partial charge in [0, 0.05) is 5.69 Å². The quantitative estimate of drug-likeness (QED) is 0.672. The molecule has 0 atom stereocenters. The van der Waals surface area contributed by atoms with E-state index in [0.29, 0.717) is 0 Å². The molecule has 0 unspecified atom stereocenters. The first-order valence-corrected chi connectivity index (χ1v) is 5.58. The highest BCUT2D eigenvalue weighted by atomic mass is 19.1. The fraction of sp³-hybridized carbons (Fsp3) is 0.333. The molecule has 1 rings (SSSR count). The van der Waals surface area contributed by atoms with Gasteiger partial charge in [0.15, 0.2) is 0 Å². The highest BCUT2D eigenvalue weighted by Crippen LogP contribution is 2.14. The number of nitrogens with one attached hydrogen (secondary N) is 2. The summed E-state index contributed by atoms with van der Waals surface area (Å²) in [6, 6.07) is 3.46. The number of carbonyl (C=O) groups excluding carboxylic acids is 1. The molecule has 0 aliphatic heterocycles. The molecule has 0 fully saturated rings. The predicted octanol–water partition coefficient (Wildman–Crippen LogP) is 1.46. The van der Waals surface area contributed by atoms with Crippen LogP contribution in [0.25, 0.3) is 0 Å². The molecule has 98 valence electrons. The predicted molar refractivity (Wildman–Crippen MR) is 65.1 cm³/mol. The molecule has 0 radical (unpaired) electrons. The number of hydrogen-bond donors (Lipinski definition) is 3. The number of amides is 1. The second kappa shape index (κ2) is 6.70. The Bertz CT molecular complexity index is 449. The van der Waals surface area contributed by atoms with Gasteiger partial charge in [0.1, 0.15) is 5.82 Å². The van der Waals surface area contributed by atoms with Gasteiger partial charge in [-0.05, 0) is 31.2 Å². The number of halogens is 1. The van der Waals surface area contributed by atoms with Crippen LogP contribution in [0.4, 0.5) is 10.1 Å². The van der Waals surface area contributed by atoms with Gasteiger partial charge in [0.25, 0.3) is 0 Å². The summed E-state index contributed by atoms with van der Waals surface area (Å²) in [6.45, 7) is 2.83. The van der Waals surface area contributed by atoms with E-state index in [1.54, 1.807) is 0 Å². The zero-order valence-corrected chi connectivity index (χ0v) is 10.00. The minimum atomic E-state index is -1.34. The third kappa shape index (κ3) is 4.14. The van der Waals surface area contributed by atoms with Gasteiger partial charge >= 0.3 is 5.97 Å². The molecule has 0 aliphatic rings. The number of carbonyl (C=O) groups is 2. The number of aromatic carboxylic acids is 1. The summed E-state index contributed by atoms with van der Waals surface area (Å²) >= 11 is 0. The molecular weight excluding hydrogens is 239 g/mol. The number of carboxylic acid groups (broad SMARTS) is 1. The summed E-state index contributed by atoms with van der Waals surface area (Å²) in [4.78, 5) is 22.0. The van der Waals surface area contributed by atoms with Crippen molar-refractivity contribution < 1.29 is 19.1 Å². The third-order valence-electron chi connectivity index (χ3n) is 2.20. The van der Waals surface area contributed by atoms with Gasteiger partial charge < -0.3 is 15.7 Å². The molecule has 1 aromatic carbocycles. The van der Waals surface area contributed by atoms with Gasteiger partial charge in [-0.3, -0.25) is 4.79 Å². The zero-order valence-electron chi connectivity index (χ0n) is 10.00. The Labute approximate surface area is 104 Å². The van der Waals surface area contributed by atoms with Crippen LogP contribution in [0.2, 0.25) is 0 Å². The van der Waals surface area contributed by atoms with E-state index in [0.717, 1.165) is 25.1 Å². The lowest BCUT2D eigenvalue weighted by Crippen LogP contribution is -2.28. The Hall–Kier alpha value is -1.95. The van der Waals surface area contributed by atoms with Crippen molar-refractivity contribution in [1.29, 1.82) is 0 Å². The van der Waals surface area contributed by atoms with E-state index < -0.39 is 17.3 Å². The van der Waals surface area contributed by atoms with Gasteiger partial charge in [-0.1, -0.05) is 6.92 Å². The summed E-state index contributed by atoms with van der Waals surface area (Å²) in [5.74, 6) is -2.51. The Balaban J connectivity index is 2.60. The number of rotatable bonds is 6. The Morgan fingerprint density at radius 2 is 2.11 bits per heavy atom. The zero-order chi connectivity index (χ0) is 13.5. The van der Waals surface area contributed by atoms with Gasteiger partial charge in [-0.2, -0.15) is 0 Å². The van der Waals surface area contributed by atoms with Crippen LogP contribution in [0.5, 0.6) is 0 Å². The lowest BCUT2D eigenvalue weighted by molar-refractivity contribution is -0.115. The normalized spacial score (nSPS) is 10.1. The number of hydrogen-bond acceptors (Lipinski definition) is 3. The van der Waals surface area contributed by atoms with Crippen LogP contribution in [0, 0.1) is 5.82 Å². The van der Waals surface area contributed by atoms with Gasteiger partial charge in [0.2, 0.25) is 5.91 Å². The SMILES string of the molecule is CCCNCC(=O)Nc1ccc(C(=O)O)c(F)c1. The van der Waals surface area contributed by atoms with Gasteiger partial charge in [-0.25, -0.2) is 9.18 Å². The average molecular weight is 254 g/mol. The first-order chi connectivity index (χ1) is 8.54. The summed E-state index contributed by atoms with van der Waals surface area (Å²) in [7, 11) is 0. The van der Waals surface area contributed by atoms with Crippen molar-refractivity contribution in [2.75, 3.05) is 18.4 Å². The fourth-order valence-corrected chi connectivity index (χ4v) is 1.35. The summed E-state index contributed by atoms with van der Waals surface area (Å²) in [5.41, 5.74) is -0.182. The standard InChI is InChI=1S/C12H15FN2O3/c1-2-5-14-7-11(16)15-8-3-4-9(12(17)18)10(13)6-8/h3-4,6,14H,2,5,7H2,1H3,(H,15,16)(H,17,18). The molecule has 0 saturated heterocycles. The van der Waals surface area contributed by atoms with Crippen LogP contribution in [-0.4, -0.2) is 30.1 Å². The Morgan fingerprint density at radius 3 is 2.67 bits per heavy atom.